The van der Waals surface area contributed by atoms with Gasteiger partial charge in [-0.2, -0.15) is 4.68 Å². The molecule has 0 aliphatic rings. The first-order valence-corrected chi connectivity index (χ1v) is 12.3. The summed E-state index contributed by atoms with van der Waals surface area (Å²) in [5, 5.41) is 16.2. The van der Waals surface area contributed by atoms with Crippen molar-refractivity contribution in [2.75, 3.05) is 19.4 Å². The van der Waals surface area contributed by atoms with Crippen molar-refractivity contribution in [3.8, 4) is 17.2 Å². The zero-order valence-electron chi connectivity index (χ0n) is 18.4. The Kier molecular flexibility index (Phi) is 8.51. The van der Waals surface area contributed by atoms with Crippen molar-refractivity contribution in [1.82, 2.24) is 25.5 Å². The summed E-state index contributed by atoms with van der Waals surface area (Å²) < 4.78 is 27.1. The fourth-order valence-corrected chi connectivity index (χ4v) is 4.59. The van der Waals surface area contributed by atoms with Crippen LogP contribution in [0.5, 0.6) is 11.5 Å². The number of tetrazole rings is 1. The minimum atomic E-state index is -0.271. The quantitative estimate of drug-likeness (QED) is 0.210. The van der Waals surface area contributed by atoms with E-state index in [-0.39, 0.29) is 5.82 Å². The van der Waals surface area contributed by atoms with E-state index in [0.29, 0.717) is 24.7 Å². The summed E-state index contributed by atoms with van der Waals surface area (Å²) in [4.78, 5) is 0. The lowest BCUT2D eigenvalue weighted by molar-refractivity contribution is 0.282. The number of hydrogen-bond donors (Lipinski definition) is 1. The standard InChI is InChI=1S/C24H23BrFN5O2S/c1-32-22-14-18(13-21(25)23(22)33-16-17-7-9-19(26)10-8-17)15-27-11-12-34-24-28-29-30-31(24)20-5-3-2-4-6-20/h2-10,13-14,27H,11-12,15-16H2,1H3. The largest absolute Gasteiger partial charge is 0.493 e. The first-order chi connectivity index (χ1) is 16.6. The molecule has 10 heteroatoms. The van der Waals surface area contributed by atoms with Crippen molar-refractivity contribution in [3.05, 3.63) is 88.1 Å². The van der Waals surface area contributed by atoms with Crippen LogP contribution in [0.4, 0.5) is 4.39 Å². The molecule has 0 unspecified atom stereocenters. The Morgan fingerprint density at radius 1 is 1.06 bits per heavy atom. The third kappa shape index (κ3) is 6.34. The van der Waals surface area contributed by atoms with Crippen molar-refractivity contribution in [1.29, 1.82) is 0 Å². The lowest BCUT2D eigenvalue weighted by atomic mass is 10.2. The van der Waals surface area contributed by atoms with Gasteiger partial charge in [0.25, 0.3) is 0 Å². The van der Waals surface area contributed by atoms with Crippen LogP contribution in [0.15, 0.2) is 76.4 Å². The molecule has 0 saturated carbocycles. The predicted molar refractivity (Wildman–Crippen MR) is 133 cm³/mol. The number of nitrogens with one attached hydrogen (secondary N) is 1. The predicted octanol–water partition coefficient (Wildman–Crippen LogP) is 5.03. The monoisotopic (exact) mass is 543 g/mol. The van der Waals surface area contributed by atoms with Crippen molar-refractivity contribution < 1.29 is 13.9 Å². The number of ether oxygens (including phenoxy) is 2. The molecule has 0 spiro atoms. The average molecular weight is 544 g/mol. The molecule has 4 aromatic rings. The van der Waals surface area contributed by atoms with Gasteiger partial charge < -0.3 is 14.8 Å². The second kappa shape index (κ2) is 12.0. The number of thioether (sulfide) groups is 1. The molecule has 0 amide bonds. The number of methoxy groups -OCH3 is 1. The molecule has 0 bridgehead atoms. The number of benzene rings is 3. The fraction of sp³-hybridized carbons (Fsp3) is 0.208. The summed E-state index contributed by atoms with van der Waals surface area (Å²) in [6.07, 6.45) is 0. The third-order valence-corrected chi connectivity index (χ3v) is 6.38. The van der Waals surface area contributed by atoms with Crippen LogP contribution in [-0.4, -0.2) is 39.6 Å². The summed E-state index contributed by atoms with van der Waals surface area (Å²) in [6, 6.07) is 20.0. The highest BCUT2D eigenvalue weighted by molar-refractivity contribution is 9.10. The van der Waals surface area contributed by atoms with Crippen molar-refractivity contribution in [3.63, 3.8) is 0 Å². The highest BCUT2D eigenvalue weighted by Crippen LogP contribution is 2.37. The maximum Gasteiger partial charge on any atom is 0.214 e. The Bertz CT molecular complexity index is 1210. The number of nitrogens with zero attached hydrogens (tertiary/aromatic N) is 4. The van der Waals surface area contributed by atoms with Crippen LogP contribution in [0, 0.1) is 5.82 Å². The van der Waals surface area contributed by atoms with Gasteiger partial charge in [0.05, 0.1) is 17.3 Å². The summed E-state index contributed by atoms with van der Waals surface area (Å²) in [7, 11) is 1.61. The SMILES string of the molecule is COc1cc(CNCCSc2nnnn2-c2ccccc2)cc(Br)c1OCc1ccc(F)cc1. The summed E-state index contributed by atoms with van der Waals surface area (Å²) in [5.41, 5.74) is 2.86. The normalized spacial score (nSPS) is 10.9. The smallest absolute Gasteiger partial charge is 0.214 e. The fourth-order valence-electron chi connectivity index (χ4n) is 3.20. The molecule has 4 rings (SSSR count). The molecule has 0 aliphatic carbocycles. The minimum Gasteiger partial charge on any atom is -0.493 e. The molecule has 0 fully saturated rings. The molecule has 176 valence electrons. The molecule has 1 heterocycles. The van der Waals surface area contributed by atoms with Gasteiger partial charge in [0.1, 0.15) is 12.4 Å². The lowest BCUT2D eigenvalue weighted by Crippen LogP contribution is -2.17. The zero-order valence-corrected chi connectivity index (χ0v) is 20.9. The van der Waals surface area contributed by atoms with Gasteiger partial charge in [0, 0.05) is 18.8 Å². The van der Waals surface area contributed by atoms with E-state index in [9.17, 15) is 4.39 Å². The maximum absolute atomic E-state index is 13.1. The van der Waals surface area contributed by atoms with E-state index in [0.717, 1.165) is 38.7 Å². The van der Waals surface area contributed by atoms with E-state index in [1.807, 2.05) is 42.5 Å². The highest BCUT2D eigenvalue weighted by atomic mass is 79.9. The van der Waals surface area contributed by atoms with Gasteiger partial charge in [-0.15, -0.1) is 5.10 Å². The number of aromatic nitrogens is 4. The molecule has 1 N–H and O–H groups in total. The lowest BCUT2D eigenvalue weighted by Gasteiger charge is -2.15. The van der Waals surface area contributed by atoms with Crippen LogP contribution in [0.1, 0.15) is 11.1 Å². The van der Waals surface area contributed by atoms with E-state index in [1.165, 1.54) is 12.1 Å². The van der Waals surface area contributed by atoms with E-state index in [2.05, 4.69) is 36.8 Å². The van der Waals surface area contributed by atoms with Crippen molar-refractivity contribution in [2.24, 2.45) is 0 Å². The Morgan fingerprint density at radius 2 is 1.85 bits per heavy atom. The van der Waals surface area contributed by atoms with Gasteiger partial charge >= 0.3 is 0 Å². The maximum atomic E-state index is 13.1. The Balaban J connectivity index is 1.29. The molecule has 0 saturated heterocycles. The van der Waals surface area contributed by atoms with Gasteiger partial charge in [0.2, 0.25) is 5.16 Å². The van der Waals surface area contributed by atoms with Gasteiger partial charge in [-0.05, 0) is 73.9 Å². The summed E-state index contributed by atoms with van der Waals surface area (Å²) >= 11 is 5.17. The number of para-hydroxylation sites is 1. The van der Waals surface area contributed by atoms with Gasteiger partial charge in [-0.1, -0.05) is 42.1 Å². The van der Waals surface area contributed by atoms with Crippen LogP contribution < -0.4 is 14.8 Å². The van der Waals surface area contributed by atoms with Crippen LogP contribution in [0.2, 0.25) is 0 Å². The number of halogens is 2. The van der Waals surface area contributed by atoms with E-state index >= 15 is 0 Å². The highest BCUT2D eigenvalue weighted by Gasteiger charge is 2.13. The van der Waals surface area contributed by atoms with Crippen LogP contribution in [0.3, 0.4) is 0 Å². The molecule has 1 aromatic heterocycles. The minimum absolute atomic E-state index is 0.271. The molecule has 3 aromatic carbocycles. The van der Waals surface area contributed by atoms with E-state index in [4.69, 9.17) is 9.47 Å². The van der Waals surface area contributed by atoms with E-state index < -0.39 is 0 Å². The second-order valence-electron chi connectivity index (χ2n) is 7.26. The third-order valence-electron chi connectivity index (χ3n) is 4.87. The number of hydrogen-bond acceptors (Lipinski definition) is 7. The first kappa shape index (κ1) is 24.2. The molecule has 0 atom stereocenters. The molecular weight excluding hydrogens is 521 g/mol. The van der Waals surface area contributed by atoms with Gasteiger partial charge in [-0.3, -0.25) is 0 Å². The zero-order chi connectivity index (χ0) is 23.8. The van der Waals surface area contributed by atoms with Crippen LogP contribution in [-0.2, 0) is 13.2 Å². The Hall–Kier alpha value is -2.95. The summed E-state index contributed by atoms with van der Waals surface area (Å²) in [6.45, 7) is 1.75. The Labute approximate surface area is 209 Å². The van der Waals surface area contributed by atoms with Crippen molar-refractivity contribution >= 4 is 27.7 Å². The first-order valence-electron chi connectivity index (χ1n) is 10.5. The Morgan fingerprint density at radius 3 is 2.62 bits per heavy atom. The van der Waals surface area contributed by atoms with Crippen LogP contribution in [0.25, 0.3) is 5.69 Å². The van der Waals surface area contributed by atoms with Gasteiger partial charge in [-0.25, -0.2) is 4.39 Å². The molecule has 7 nitrogen and oxygen atoms in total. The average Bonchev–Trinajstić information content (AvgIpc) is 3.33. The number of rotatable bonds is 11. The van der Waals surface area contributed by atoms with E-state index in [1.54, 1.807) is 35.7 Å². The van der Waals surface area contributed by atoms with Gasteiger partial charge in [0.15, 0.2) is 11.5 Å². The molecule has 34 heavy (non-hydrogen) atoms. The van der Waals surface area contributed by atoms with Crippen molar-refractivity contribution in [2.45, 2.75) is 18.3 Å². The van der Waals surface area contributed by atoms with Crippen LogP contribution >= 0.6 is 27.7 Å². The summed E-state index contributed by atoms with van der Waals surface area (Å²) in [5.74, 6) is 1.78. The topological polar surface area (TPSA) is 74.1 Å². The molecule has 0 radical (unpaired) electrons. The second-order valence-corrected chi connectivity index (χ2v) is 9.17. The molecular formula is C24H23BrFN5O2S. The molecule has 0 aliphatic heterocycles.